The largest absolute Gasteiger partial charge is 0.349 e. The van der Waals surface area contributed by atoms with E-state index in [1.54, 1.807) is 11.3 Å². The summed E-state index contributed by atoms with van der Waals surface area (Å²) in [7, 11) is 0. The molecule has 0 spiro atoms. The van der Waals surface area contributed by atoms with Crippen molar-refractivity contribution in [2.75, 3.05) is 0 Å². The maximum absolute atomic E-state index is 12.1. The summed E-state index contributed by atoms with van der Waals surface area (Å²) in [6.07, 6.45) is 5.54. The summed E-state index contributed by atoms with van der Waals surface area (Å²) in [5, 5.41) is 3.21. The molecule has 0 radical (unpaired) electrons. The molecule has 1 heterocycles. The Bertz CT molecular complexity index is 453. The van der Waals surface area contributed by atoms with Crippen LogP contribution in [0.5, 0.6) is 0 Å². The Morgan fingerprint density at radius 2 is 2.22 bits per heavy atom. The monoisotopic (exact) mass is 263 g/mol. The van der Waals surface area contributed by atoms with Gasteiger partial charge in [0.05, 0.1) is 4.88 Å². The smallest absolute Gasteiger partial charge is 0.261 e. The molecule has 1 amide bonds. The van der Waals surface area contributed by atoms with Crippen molar-refractivity contribution < 1.29 is 4.79 Å². The Balaban J connectivity index is 1.61. The van der Waals surface area contributed by atoms with Gasteiger partial charge in [-0.15, -0.1) is 11.3 Å². The Morgan fingerprint density at radius 3 is 2.78 bits per heavy atom. The van der Waals surface area contributed by atoms with Crippen LogP contribution in [0.1, 0.15) is 47.2 Å². The fourth-order valence-electron chi connectivity index (χ4n) is 3.85. The van der Waals surface area contributed by atoms with Gasteiger partial charge in [0.15, 0.2) is 0 Å². The molecule has 3 heteroatoms. The van der Waals surface area contributed by atoms with Crippen molar-refractivity contribution in [1.82, 2.24) is 5.32 Å². The number of amides is 1. The van der Waals surface area contributed by atoms with Crippen LogP contribution in [0.25, 0.3) is 0 Å². The molecule has 0 saturated heterocycles. The SMILES string of the molecule is Cc1ccc(C(=O)N[C@@H](C)[C@H]2C[C@@H]3CC[C@@H]2C3)s1. The van der Waals surface area contributed by atoms with E-state index in [9.17, 15) is 4.79 Å². The second-order valence-electron chi connectivity index (χ2n) is 6.01. The van der Waals surface area contributed by atoms with Gasteiger partial charge in [0.2, 0.25) is 0 Å². The molecular weight excluding hydrogens is 242 g/mol. The number of hydrogen-bond acceptors (Lipinski definition) is 2. The first-order chi connectivity index (χ1) is 8.63. The lowest BCUT2D eigenvalue weighted by atomic mass is 9.84. The molecule has 2 nitrogen and oxygen atoms in total. The Labute approximate surface area is 113 Å². The molecule has 0 aromatic carbocycles. The van der Waals surface area contributed by atoms with Gasteiger partial charge in [-0.3, -0.25) is 4.79 Å². The average Bonchev–Trinajstić information content (AvgIpc) is 3.03. The highest BCUT2D eigenvalue weighted by atomic mass is 32.1. The second-order valence-corrected chi connectivity index (χ2v) is 7.30. The van der Waals surface area contributed by atoms with Crippen LogP contribution >= 0.6 is 11.3 Å². The first kappa shape index (κ1) is 12.2. The number of fused-ring (bicyclic) bond motifs is 2. The Morgan fingerprint density at radius 1 is 1.39 bits per heavy atom. The van der Waals surface area contributed by atoms with Gasteiger partial charge in [-0.05, 0) is 63.0 Å². The number of aryl methyl sites for hydroxylation is 1. The van der Waals surface area contributed by atoms with Gasteiger partial charge in [0, 0.05) is 10.9 Å². The minimum atomic E-state index is 0.114. The van der Waals surface area contributed by atoms with E-state index < -0.39 is 0 Å². The molecular formula is C15H21NOS. The quantitative estimate of drug-likeness (QED) is 0.887. The first-order valence-corrected chi connectivity index (χ1v) is 7.82. The van der Waals surface area contributed by atoms with Crippen LogP contribution in [-0.2, 0) is 0 Å². The van der Waals surface area contributed by atoms with E-state index in [-0.39, 0.29) is 5.91 Å². The maximum Gasteiger partial charge on any atom is 0.261 e. The Hall–Kier alpha value is -0.830. The maximum atomic E-state index is 12.1. The summed E-state index contributed by atoms with van der Waals surface area (Å²) in [6.45, 7) is 4.23. The summed E-state index contributed by atoms with van der Waals surface area (Å²) in [4.78, 5) is 14.2. The second kappa shape index (κ2) is 4.69. The summed E-state index contributed by atoms with van der Waals surface area (Å²) in [5.41, 5.74) is 0. The predicted molar refractivity (Wildman–Crippen MR) is 74.9 cm³/mol. The molecule has 98 valence electrons. The van der Waals surface area contributed by atoms with Gasteiger partial charge in [-0.2, -0.15) is 0 Å². The molecule has 0 unspecified atom stereocenters. The lowest BCUT2D eigenvalue weighted by molar-refractivity contribution is 0.0919. The minimum absolute atomic E-state index is 0.114. The zero-order valence-corrected chi connectivity index (χ0v) is 11.9. The minimum Gasteiger partial charge on any atom is -0.349 e. The van der Waals surface area contributed by atoms with Crippen LogP contribution in [0, 0.1) is 24.7 Å². The van der Waals surface area contributed by atoms with Gasteiger partial charge < -0.3 is 5.32 Å². The highest BCUT2D eigenvalue weighted by Gasteiger charge is 2.42. The number of carbonyl (C=O) groups excluding carboxylic acids is 1. The summed E-state index contributed by atoms with van der Waals surface area (Å²) < 4.78 is 0. The fraction of sp³-hybridized carbons (Fsp3) is 0.667. The molecule has 1 aromatic heterocycles. The third kappa shape index (κ3) is 2.20. The van der Waals surface area contributed by atoms with Crippen LogP contribution in [-0.4, -0.2) is 11.9 Å². The van der Waals surface area contributed by atoms with Crippen molar-refractivity contribution >= 4 is 17.2 Å². The molecule has 0 aliphatic heterocycles. The molecule has 3 rings (SSSR count). The Kier molecular flexibility index (Phi) is 3.18. The third-order valence-electron chi connectivity index (χ3n) is 4.76. The highest BCUT2D eigenvalue weighted by molar-refractivity contribution is 7.13. The zero-order chi connectivity index (χ0) is 12.7. The molecule has 2 aliphatic rings. The zero-order valence-electron chi connectivity index (χ0n) is 11.1. The number of carbonyl (C=O) groups is 1. The molecule has 2 aliphatic carbocycles. The van der Waals surface area contributed by atoms with Gasteiger partial charge >= 0.3 is 0 Å². The molecule has 4 atom stereocenters. The van der Waals surface area contributed by atoms with Crippen molar-refractivity contribution in [2.45, 2.75) is 45.6 Å². The number of hydrogen-bond donors (Lipinski definition) is 1. The molecule has 18 heavy (non-hydrogen) atoms. The molecule has 2 fully saturated rings. The van der Waals surface area contributed by atoms with Crippen molar-refractivity contribution in [2.24, 2.45) is 17.8 Å². The molecule has 1 N–H and O–H groups in total. The van der Waals surface area contributed by atoms with Gasteiger partial charge in [0.25, 0.3) is 5.91 Å². The van der Waals surface area contributed by atoms with Gasteiger partial charge in [-0.25, -0.2) is 0 Å². The van der Waals surface area contributed by atoms with Crippen LogP contribution in [0.4, 0.5) is 0 Å². The number of thiophene rings is 1. The van der Waals surface area contributed by atoms with Crippen LogP contribution in [0.3, 0.4) is 0 Å². The lowest BCUT2D eigenvalue weighted by Gasteiger charge is -2.28. The highest BCUT2D eigenvalue weighted by Crippen LogP contribution is 2.49. The van der Waals surface area contributed by atoms with Crippen LogP contribution < -0.4 is 5.32 Å². The summed E-state index contributed by atoms with van der Waals surface area (Å²) >= 11 is 1.58. The molecule has 2 saturated carbocycles. The number of rotatable bonds is 3. The third-order valence-corrected chi connectivity index (χ3v) is 5.76. The normalized spacial score (nSPS) is 31.6. The van der Waals surface area contributed by atoms with Crippen LogP contribution in [0.15, 0.2) is 12.1 Å². The molecule has 1 aromatic rings. The van der Waals surface area contributed by atoms with E-state index in [0.717, 1.165) is 16.7 Å². The van der Waals surface area contributed by atoms with Gasteiger partial charge in [0.1, 0.15) is 0 Å². The van der Waals surface area contributed by atoms with Crippen LogP contribution in [0.2, 0.25) is 0 Å². The van der Waals surface area contributed by atoms with E-state index in [1.807, 2.05) is 19.1 Å². The predicted octanol–water partition coefficient (Wildman–Crippen LogP) is 3.61. The van der Waals surface area contributed by atoms with E-state index in [0.29, 0.717) is 12.0 Å². The van der Waals surface area contributed by atoms with Gasteiger partial charge in [-0.1, -0.05) is 6.42 Å². The number of nitrogens with one attached hydrogen (secondary N) is 1. The topological polar surface area (TPSA) is 29.1 Å². The van der Waals surface area contributed by atoms with E-state index in [2.05, 4.69) is 12.2 Å². The summed E-state index contributed by atoms with van der Waals surface area (Å²) in [5.74, 6) is 2.65. The first-order valence-electron chi connectivity index (χ1n) is 7.01. The van der Waals surface area contributed by atoms with E-state index in [4.69, 9.17) is 0 Å². The average molecular weight is 263 g/mol. The fourth-order valence-corrected chi connectivity index (χ4v) is 4.62. The van der Waals surface area contributed by atoms with E-state index >= 15 is 0 Å². The van der Waals surface area contributed by atoms with Crippen molar-refractivity contribution in [3.63, 3.8) is 0 Å². The standard InChI is InChI=1S/C15H21NOS/c1-9-3-6-14(18-9)15(17)16-10(2)13-8-11-4-5-12(13)7-11/h3,6,10-13H,4-5,7-8H2,1-2H3,(H,16,17)/t10-,11+,12+,13+/m0/s1. The lowest BCUT2D eigenvalue weighted by Crippen LogP contribution is -2.39. The molecule has 2 bridgehead atoms. The van der Waals surface area contributed by atoms with Crippen molar-refractivity contribution in [3.05, 3.63) is 21.9 Å². The van der Waals surface area contributed by atoms with E-state index in [1.165, 1.54) is 30.6 Å². The summed E-state index contributed by atoms with van der Waals surface area (Å²) in [6, 6.07) is 4.28. The van der Waals surface area contributed by atoms with Crippen molar-refractivity contribution in [3.8, 4) is 0 Å². The van der Waals surface area contributed by atoms with Crippen molar-refractivity contribution in [1.29, 1.82) is 0 Å².